The van der Waals surface area contributed by atoms with E-state index in [0.29, 0.717) is 5.69 Å². The molecule has 2 aromatic heterocycles. The van der Waals surface area contributed by atoms with Crippen molar-refractivity contribution >= 4 is 37.4 Å². The molecule has 0 aliphatic rings. The second-order valence-corrected chi connectivity index (χ2v) is 8.01. The molecule has 0 atom stereocenters. The number of benzene rings is 2. The molecule has 2 aromatic carbocycles. The summed E-state index contributed by atoms with van der Waals surface area (Å²) in [5.74, 6) is 0. The number of rotatable bonds is 4. The number of thiazole rings is 1. The van der Waals surface area contributed by atoms with Crippen LogP contribution in [0.5, 0.6) is 0 Å². The smallest absolute Gasteiger partial charge is 0.261 e. The molecule has 0 spiro atoms. The summed E-state index contributed by atoms with van der Waals surface area (Å²) >= 11 is 1.47. The number of hydrogen-bond acceptors (Lipinski definition) is 5. The second-order valence-electron chi connectivity index (χ2n) is 5.35. The number of fused-ring (bicyclic) bond motifs is 1. The molecule has 0 aliphatic heterocycles. The number of nitrogens with zero attached hydrogens (tertiary/aromatic N) is 2. The summed E-state index contributed by atoms with van der Waals surface area (Å²) in [6, 6.07) is 19.2. The standard InChI is InChI=1S/C18H13N3O2S2/c22-25(23,15-8-2-1-3-9-15)21-14-7-4-6-13(12-14)17-20-16-10-5-11-19-18(16)24-17/h1-12,21H. The first-order valence-corrected chi connectivity index (χ1v) is 9.82. The molecular formula is C18H13N3O2S2. The van der Waals surface area contributed by atoms with E-state index in [-0.39, 0.29) is 4.90 Å². The Kier molecular flexibility index (Phi) is 3.95. The van der Waals surface area contributed by atoms with Crippen molar-refractivity contribution in [3.63, 3.8) is 0 Å². The van der Waals surface area contributed by atoms with E-state index in [9.17, 15) is 8.42 Å². The number of hydrogen-bond donors (Lipinski definition) is 1. The first kappa shape index (κ1) is 15.7. The normalized spacial score (nSPS) is 11.5. The molecule has 25 heavy (non-hydrogen) atoms. The highest BCUT2D eigenvalue weighted by atomic mass is 32.2. The Bertz CT molecular complexity index is 1110. The summed E-state index contributed by atoms with van der Waals surface area (Å²) in [4.78, 5) is 9.93. The number of pyridine rings is 1. The first-order chi connectivity index (χ1) is 12.1. The van der Waals surface area contributed by atoms with Gasteiger partial charge < -0.3 is 0 Å². The van der Waals surface area contributed by atoms with E-state index in [1.807, 2.05) is 18.2 Å². The Labute approximate surface area is 149 Å². The third-order valence-electron chi connectivity index (χ3n) is 3.58. The lowest BCUT2D eigenvalue weighted by molar-refractivity contribution is 0.601. The molecule has 0 saturated heterocycles. The summed E-state index contributed by atoms with van der Waals surface area (Å²) in [7, 11) is -3.62. The maximum absolute atomic E-state index is 12.5. The first-order valence-electron chi connectivity index (χ1n) is 7.52. The van der Waals surface area contributed by atoms with Gasteiger partial charge in [-0.3, -0.25) is 4.72 Å². The van der Waals surface area contributed by atoms with Gasteiger partial charge in [-0.05, 0) is 36.4 Å². The number of nitrogens with one attached hydrogen (secondary N) is 1. The van der Waals surface area contributed by atoms with Gasteiger partial charge in [0.05, 0.1) is 4.90 Å². The quantitative estimate of drug-likeness (QED) is 0.588. The third kappa shape index (κ3) is 3.24. The van der Waals surface area contributed by atoms with Crippen molar-refractivity contribution in [1.82, 2.24) is 9.97 Å². The van der Waals surface area contributed by atoms with Crippen LogP contribution in [-0.4, -0.2) is 18.4 Å². The number of sulfonamides is 1. The third-order valence-corrected chi connectivity index (χ3v) is 6.01. The Morgan fingerprint density at radius 3 is 2.56 bits per heavy atom. The van der Waals surface area contributed by atoms with Gasteiger partial charge in [-0.15, -0.1) is 0 Å². The van der Waals surface area contributed by atoms with Crippen LogP contribution in [0, 0.1) is 0 Å². The van der Waals surface area contributed by atoms with Crippen molar-refractivity contribution < 1.29 is 8.42 Å². The predicted octanol–water partition coefficient (Wildman–Crippen LogP) is 4.16. The summed E-state index contributed by atoms with van der Waals surface area (Å²) in [5, 5.41) is 0.800. The van der Waals surface area contributed by atoms with E-state index >= 15 is 0 Å². The second kappa shape index (κ2) is 6.27. The zero-order valence-corrected chi connectivity index (χ0v) is 14.6. The average Bonchev–Trinajstić information content (AvgIpc) is 3.07. The molecule has 1 N–H and O–H groups in total. The molecule has 4 aromatic rings. The van der Waals surface area contributed by atoms with Crippen LogP contribution in [0.25, 0.3) is 20.9 Å². The molecule has 124 valence electrons. The molecule has 0 saturated carbocycles. The van der Waals surface area contributed by atoms with Crippen LogP contribution in [0.1, 0.15) is 0 Å². The van der Waals surface area contributed by atoms with E-state index in [1.165, 1.54) is 11.3 Å². The van der Waals surface area contributed by atoms with Crippen molar-refractivity contribution in [2.45, 2.75) is 4.90 Å². The van der Waals surface area contributed by atoms with Crippen LogP contribution in [-0.2, 0) is 10.0 Å². The van der Waals surface area contributed by atoms with Gasteiger partial charge in [-0.1, -0.05) is 41.7 Å². The predicted molar refractivity (Wildman–Crippen MR) is 100 cm³/mol. The van der Waals surface area contributed by atoms with Crippen molar-refractivity contribution in [3.05, 3.63) is 72.9 Å². The van der Waals surface area contributed by atoms with Crippen LogP contribution in [0.15, 0.2) is 77.8 Å². The topological polar surface area (TPSA) is 72.0 Å². The highest BCUT2D eigenvalue weighted by molar-refractivity contribution is 7.92. The Morgan fingerprint density at radius 2 is 1.76 bits per heavy atom. The minimum Gasteiger partial charge on any atom is -0.280 e. The van der Waals surface area contributed by atoms with Gasteiger partial charge >= 0.3 is 0 Å². The molecule has 4 rings (SSSR count). The molecule has 7 heteroatoms. The van der Waals surface area contributed by atoms with Crippen LogP contribution in [0.4, 0.5) is 5.69 Å². The SMILES string of the molecule is O=S(=O)(Nc1cccc(-c2nc3cccnc3s2)c1)c1ccccc1. The molecule has 0 bridgehead atoms. The maximum atomic E-state index is 12.5. The fourth-order valence-corrected chi connectivity index (χ4v) is 4.40. The minimum absolute atomic E-state index is 0.226. The molecular weight excluding hydrogens is 354 g/mol. The molecule has 0 radical (unpaired) electrons. The zero-order valence-electron chi connectivity index (χ0n) is 13.0. The van der Waals surface area contributed by atoms with Gasteiger partial charge in [-0.2, -0.15) is 0 Å². The molecule has 0 unspecified atom stereocenters. The van der Waals surface area contributed by atoms with Crippen LogP contribution < -0.4 is 4.72 Å². The van der Waals surface area contributed by atoms with Gasteiger partial charge in [0, 0.05) is 17.4 Å². The average molecular weight is 367 g/mol. The van der Waals surface area contributed by atoms with E-state index in [0.717, 1.165) is 20.9 Å². The maximum Gasteiger partial charge on any atom is 0.261 e. The fourth-order valence-electron chi connectivity index (χ4n) is 2.42. The van der Waals surface area contributed by atoms with E-state index < -0.39 is 10.0 Å². The minimum atomic E-state index is -3.62. The van der Waals surface area contributed by atoms with Gasteiger partial charge in [0.1, 0.15) is 15.4 Å². The van der Waals surface area contributed by atoms with Gasteiger partial charge in [0.2, 0.25) is 0 Å². The van der Waals surface area contributed by atoms with Crippen LogP contribution in [0.2, 0.25) is 0 Å². The highest BCUT2D eigenvalue weighted by Gasteiger charge is 2.14. The highest BCUT2D eigenvalue weighted by Crippen LogP contribution is 2.30. The number of anilines is 1. The van der Waals surface area contributed by atoms with Gasteiger partial charge in [-0.25, -0.2) is 18.4 Å². The zero-order chi connectivity index (χ0) is 17.3. The molecule has 5 nitrogen and oxygen atoms in total. The summed E-state index contributed by atoms with van der Waals surface area (Å²) < 4.78 is 27.5. The monoisotopic (exact) mass is 367 g/mol. The lowest BCUT2D eigenvalue weighted by Crippen LogP contribution is -2.12. The van der Waals surface area contributed by atoms with Crippen LogP contribution in [0.3, 0.4) is 0 Å². The van der Waals surface area contributed by atoms with E-state index in [4.69, 9.17) is 0 Å². The Hall–Kier alpha value is -2.77. The lowest BCUT2D eigenvalue weighted by atomic mass is 10.2. The largest absolute Gasteiger partial charge is 0.280 e. The van der Waals surface area contributed by atoms with Crippen molar-refractivity contribution in [1.29, 1.82) is 0 Å². The van der Waals surface area contributed by atoms with E-state index in [1.54, 1.807) is 54.7 Å². The fraction of sp³-hybridized carbons (Fsp3) is 0. The molecule has 0 fully saturated rings. The van der Waals surface area contributed by atoms with Crippen molar-refractivity contribution in [3.8, 4) is 10.6 Å². The molecule has 2 heterocycles. The Balaban J connectivity index is 1.68. The number of aromatic nitrogens is 2. The van der Waals surface area contributed by atoms with Crippen molar-refractivity contribution in [2.75, 3.05) is 4.72 Å². The van der Waals surface area contributed by atoms with Gasteiger partial charge in [0.15, 0.2) is 0 Å². The summed E-state index contributed by atoms with van der Waals surface area (Å²) in [6.07, 6.45) is 1.73. The Morgan fingerprint density at radius 1 is 0.920 bits per heavy atom. The molecule has 0 amide bonds. The lowest BCUT2D eigenvalue weighted by Gasteiger charge is -2.08. The van der Waals surface area contributed by atoms with Crippen LogP contribution >= 0.6 is 11.3 Å². The summed E-state index contributed by atoms with van der Waals surface area (Å²) in [6.45, 7) is 0. The summed E-state index contributed by atoms with van der Waals surface area (Å²) in [5.41, 5.74) is 2.17. The van der Waals surface area contributed by atoms with Gasteiger partial charge in [0.25, 0.3) is 10.0 Å². The van der Waals surface area contributed by atoms with E-state index in [2.05, 4.69) is 14.7 Å². The van der Waals surface area contributed by atoms with Crippen molar-refractivity contribution in [2.24, 2.45) is 0 Å². The molecule has 0 aliphatic carbocycles.